The summed E-state index contributed by atoms with van der Waals surface area (Å²) in [5.41, 5.74) is 0.962. The summed E-state index contributed by atoms with van der Waals surface area (Å²) in [6, 6.07) is 5.20. The molecule has 16 heavy (non-hydrogen) atoms. The third-order valence-electron chi connectivity index (χ3n) is 2.44. The van der Waals surface area contributed by atoms with Crippen molar-refractivity contribution >= 4 is 22.0 Å². The van der Waals surface area contributed by atoms with Gasteiger partial charge in [-0.05, 0) is 40.0 Å². The number of rotatable bonds is 2. The number of carbonyl (C=O) groups excluding carboxylic acids is 1. The molecule has 0 unspecified atom stereocenters. The quantitative estimate of drug-likeness (QED) is 0.908. The lowest BCUT2D eigenvalue weighted by Gasteiger charge is -2.26. The Balaban J connectivity index is 2.08. The summed E-state index contributed by atoms with van der Waals surface area (Å²) in [4.78, 5) is 13.0. The second-order valence-electron chi connectivity index (χ2n) is 3.68. The van der Waals surface area contributed by atoms with Crippen molar-refractivity contribution in [1.82, 2.24) is 4.90 Å². The molecule has 0 aliphatic carbocycles. The second kappa shape index (κ2) is 4.74. The van der Waals surface area contributed by atoms with Gasteiger partial charge in [-0.15, -0.1) is 0 Å². The van der Waals surface area contributed by atoms with E-state index in [1.165, 1.54) is 0 Å². The molecule has 1 N–H and O–H groups in total. The Morgan fingerprint density at radius 2 is 2.31 bits per heavy atom. The molecule has 1 aliphatic rings. The summed E-state index contributed by atoms with van der Waals surface area (Å²) in [6.07, 6.45) is 0.598. The lowest BCUT2D eigenvalue weighted by atomic mass is 10.2. The third-order valence-corrected chi connectivity index (χ3v) is 3.08. The number of benzene rings is 1. The zero-order valence-corrected chi connectivity index (χ0v) is 10.2. The van der Waals surface area contributed by atoms with Gasteiger partial charge in [0.2, 0.25) is 0 Å². The predicted octanol–water partition coefficient (Wildman–Crippen LogP) is 2.50. The molecule has 0 radical (unpaired) electrons. The monoisotopic (exact) mass is 285 g/mol. The van der Waals surface area contributed by atoms with Crippen molar-refractivity contribution in [3.05, 3.63) is 28.2 Å². The molecule has 0 atom stereocenters. The van der Waals surface area contributed by atoms with Crippen LogP contribution in [0.1, 0.15) is 12.0 Å². The molecule has 4 nitrogen and oxygen atoms in total. The first-order valence-corrected chi connectivity index (χ1v) is 5.85. The SMILES string of the molecule is O=C1OCCCN1Cc1ccc(O)c(Br)c1. The Morgan fingerprint density at radius 3 is 3.00 bits per heavy atom. The van der Waals surface area contributed by atoms with Crippen LogP contribution in [-0.2, 0) is 11.3 Å². The van der Waals surface area contributed by atoms with Crippen molar-refractivity contribution in [2.45, 2.75) is 13.0 Å². The summed E-state index contributed by atoms with van der Waals surface area (Å²) >= 11 is 3.24. The minimum absolute atomic E-state index is 0.199. The maximum atomic E-state index is 11.4. The van der Waals surface area contributed by atoms with Crippen LogP contribution in [-0.4, -0.2) is 29.3 Å². The van der Waals surface area contributed by atoms with Gasteiger partial charge in [-0.25, -0.2) is 4.79 Å². The van der Waals surface area contributed by atoms with Gasteiger partial charge in [-0.1, -0.05) is 6.07 Å². The van der Waals surface area contributed by atoms with E-state index >= 15 is 0 Å². The zero-order chi connectivity index (χ0) is 11.5. The highest BCUT2D eigenvalue weighted by atomic mass is 79.9. The molecule has 5 heteroatoms. The Labute approximate surface area is 102 Å². The Kier molecular flexibility index (Phi) is 3.33. The molecule has 1 aromatic rings. The average Bonchev–Trinajstić information content (AvgIpc) is 2.27. The summed E-state index contributed by atoms with van der Waals surface area (Å²) < 4.78 is 5.58. The van der Waals surface area contributed by atoms with Gasteiger partial charge in [0.05, 0.1) is 11.1 Å². The predicted molar refractivity (Wildman–Crippen MR) is 62.2 cm³/mol. The van der Waals surface area contributed by atoms with Crippen LogP contribution in [0.4, 0.5) is 4.79 Å². The number of halogens is 1. The first-order chi connectivity index (χ1) is 7.66. The minimum Gasteiger partial charge on any atom is -0.507 e. The molecule has 1 saturated heterocycles. The lowest BCUT2D eigenvalue weighted by Crippen LogP contribution is -2.37. The highest BCUT2D eigenvalue weighted by Gasteiger charge is 2.19. The van der Waals surface area contributed by atoms with Gasteiger partial charge >= 0.3 is 6.09 Å². The molecule has 0 aromatic heterocycles. The maximum absolute atomic E-state index is 11.4. The third kappa shape index (κ3) is 2.47. The maximum Gasteiger partial charge on any atom is 0.410 e. The van der Waals surface area contributed by atoms with Crippen molar-refractivity contribution in [3.63, 3.8) is 0 Å². The van der Waals surface area contributed by atoms with E-state index in [0.29, 0.717) is 17.6 Å². The molecule has 0 bridgehead atoms. The van der Waals surface area contributed by atoms with Crippen molar-refractivity contribution in [3.8, 4) is 5.75 Å². The highest BCUT2D eigenvalue weighted by Crippen LogP contribution is 2.25. The van der Waals surface area contributed by atoms with Crippen molar-refractivity contribution in [2.24, 2.45) is 0 Å². The van der Waals surface area contributed by atoms with Gasteiger partial charge in [-0.3, -0.25) is 0 Å². The van der Waals surface area contributed by atoms with E-state index in [0.717, 1.165) is 18.5 Å². The molecule has 1 aromatic carbocycles. The lowest BCUT2D eigenvalue weighted by molar-refractivity contribution is 0.0700. The van der Waals surface area contributed by atoms with Gasteiger partial charge < -0.3 is 14.7 Å². The van der Waals surface area contributed by atoms with Crippen LogP contribution < -0.4 is 0 Å². The molecular weight excluding hydrogens is 274 g/mol. The van der Waals surface area contributed by atoms with E-state index in [-0.39, 0.29) is 11.8 Å². The molecule has 1 aliphatic heterocycles. The van der Waals surface area contributed by atoms with Gasteiger partial charge in [0.15, 0.2) is 0 Å². The Morgan fingerprint density at radius 1 is 1.50 bits per heavy atom. The molecule has 0 saturated carbocycles. The molecule has 2 rings (SSSR count). The topological polar surface area (TPSA) is 49.8 Å². The number of amides is 1. The fraction of sp³-hybridized carbons (Fsp3) is 0.364. The first kappa shape index (κ1) is 11.3. The molecular formula is C11H12BrNO3. The number of hydrogen-bond donors (Lipinski definition) is 1. The van der Waals surface area contributed by atoms with Gasteiger partial charge in [0.1, 0.15) is 5.75 Å². The zero-order valence-electron chi connectivity index (χ0n) is 8.65. The molecule has 1 fully saturated rings. The number of carbonyl (C=O) groups is 1. The van der Waals surface area contributed by atoms with Crippen molar-refractivity contribution in [1.29, 1.82) is 0 Å². The fourth-order valence-electron chi connectivity index (χ4n) is 1.61. The molecule has 86 valence electrons. The van der Waals surface area contributed by atoms with Crippen LogP contribution in [0.3, 0.4) is 0 Å². The van der Waals surface area contributed by atoms with Gasteiger partial charge in [0.25, 0.3) is 0 Å². The standard InChI is InChI=1S/C11H12BrNO3/c12-9-6-8(2-3-10(9)14)7-13-4-1-5-16-11(13)15/h2-3,6,14H,1,4-5,7H2. The largest absolute Gasteiger partial charge is 0.507 e. The van der Waals surface area contributed by atoms with Crippen molar-refractivity contribution < 1.29 is 14.6 Å². The van der Waals surface area contributed by atoms with E-state index in [4.69, 9.17) is 4.74 Å². The average molecular weight is 286 g/mol. The highest BCUT2D eigenvalue weighted by molar-refractivity contribution is 9.10. The Bertz CT molecular complexity index is 408. The van der Waals surface area contributed by atoms with E-state index in [1.54, 1.807) is 23.1 Å². The van der Waals surface area contributed by atoms with Crippen LogP contribution >= 0.6 is 15.9 Å². The van der Waals surface area contributed by atoms with Gasteiger partial charge in [0, 0.05) is 13.1 Å². The molecule has 0 spiro atoms. The van der Waals surface area contributed by atoms with E-state index in [9.17, 15) is 9.90 Å². The van der Waals surface area contributed by atoms with Crippen LogP contribution in [0.2, 0.25) is 0 Å². The smallest absolute Gasteiger partial charge is 0.410 e. The number of ether oxygens (including phenoxy) is 1. The van der Waals surface area contributed by atoms with Crippen LogP contribution in [0.5, 0.6) is 5.75 Å². The number of hydrogen-bond acceptors (Lipinski definition) is 3. The van der Waals surface area contributed by atoms with E-state index in [1.807, 2.05) is 0 Å². The molecule has 1 amide bonds. The van der Waals surface area contributed by atoms with Crippen LogP contribution in [0.15, 0.2) is 22.7 Å². The summed E-state index contributed by atoms with van der Waals surface area (Å²) in [7, 11) is 0. The number of phenolic OH excluding ortho intramolecular Hbond substituents is 1. The van der Waals surface area contributed by atoms with Crippen LogP contribution in [0, 0.1) is 0 Å². The van der Waals surface area contributed by atoms with Crippen molar-refractivity contribution in [2.75, 3.05) is 13.2 Å². The number of aromatic hydroxyl groups is 1. The van der Waals surface area contributed by atoms with E-state index < -0.39 is 0 Å². The number of cyclic esters (lactones) is 1. The van der Waals surface area contributed by atoms with E-state index in [2.05, 4.69) is 15.9 Å². The van der Waals surface area contributed by atoms with Crippen LogP contribution in [0.25, 0.3) is 0 Å². The minimum atomic E-state index is -0.268. The Hall–Kier alpha value is -1.23. The fourth-order valence-corrected chi connectivity index (χ4v) is 2.04. The summed E-state index contributed by atoms with van der Waals surface area (Å²) in [5, 5.41) is 9.35. The van der Waals surface area contributed by atoms with Gasteiger partial charge in [-0.2, -0.15) is 0 Å². The number of phenols is 1. The first-order valence-electron chi connectivity index (χ1n) is 5.06. The summed E-state index contributed by atoms with van der Waals surface area (Å²) in [5.74, 6) is 0.199. The summed E-state index contributed by atoms with van der Waals surface area (Å²) in [6.45, 7) is 1.74. The normalized spacial score (nSPS) is 16.1. The number of nitrogens with zero attached hydrogens (tertiary/aromatic N) is 1. The second-order valence-corrected chi connectivity index (χ2v) is 4.53. The molecule has 1 heterocycles.